The zero-order valence-electron chi connectivity index (χ0n) is 18.4. The van der Waals surface area contributed by atoms with Gasteiger partial charge in [0.15, 0.2) is 5.54 Å². The standard InChI is InChI=1S/C24H28N2O5/c1-5-15-12-25-9-8-17-18-10-16(29-3)6-7-20(18)26-22(17)21(25)11-19(15)24(26,23(28)30-4)13-31-14(2)27/h5-7,10,19,21H,8-9,11-13H2,1-4H3/b15-5-/t19-,21-,24?/m0/s1. The van der Waals surface area contributed by atoms with E-state index in [-0.39, 0.29) is 24.5 Å². The van der Waals surface area contributed by atoms with E-state index in [1.807, 2.05) is 19.1 Å². The van der Waals surface area contributed by atoms with Gasteiger partial charge in [0.2, 0.25) is 0 Å². The van der Waals surface area contributed by atoms with Gasteiger partial charge in [0.05, 0.1) is 25.8 Å². The molecule has 4 heterocycles. The summed E-state index contributed by atoms with van der Waals surface area (Å²) in [5, 5.41) is 1.10. The molecule has 31 heavy (non-hydrogen) atoms. The molecular weight excluding hydrogens is 396 g/mol. The lowest BCUT2D eigenvalue weighted by Gasteiger charge is -2.55. The van der Waals surface area contributed by atoms with E-state index in [1.165, 1.54) is 25.2 Å². The second kappa shape index (κ2) is 7.12. The Morgan fingerprint density at radius 3 is 2.77 bits per heavy atom. The average molecular weight is 424 g/mol. The van der Waals surface area contributed by atoms with Crippen molar-refractivity contribution in [3.63, 3.8) is 0 Å². The van der Waals surface area contributed by atoms with Crippen LogP contribution in [0.25, 0.3) is 10.9 Å². The number of hydrogen-bond donors (Lipinski definition) is 0. The van der Waals surface area contributed by atoms with Gasteiger partial charge in [-0.3, -0.25) is 9.69 Å². The highest BCUT2D eigenvalue weighted by atomic mass is 16.5. The number of hydrogen-bond acceptors (Lipinski definition) is 6. The first-order chi connectivity index (χ1) is 15.0. The molecule has 5 rings (SSSR count). The molecule has 1 aromatic carbocycles. The Morgan fingerprint density at radius 2 is 2.10 bits per heavy atom. The first kappa shape index (κ1) is 20.1. The van der Waals surface area contributed by atoms with Crippen LogP contribution >= 0.6 is 0 Å². The molecular formula is C24H28N2O5. The Bertz CT molecular complexity index is 1120. The van der Waals surface area contributed by atoms with Crippen LogP contribution < -0.4 is 4.74 Å². The first-order valence-electron chi connectivity index (χ1n) is 10.8. The van der Waals surface area contributed by atoms with E-state index >= 15 is 0 Å². The van der Waals surface area contributed by atoms with Gasteiger partial charge in [0, 0.05) is 37.0 Å². The highest BCUT2D eigenvalue weighted by molar-refractivity contribution is 5.92. The van der Waals surface area contributed by atoms with Gasteiger partial charge in [0.1, 0.15) is 12.4 Å². The number of carbonyl (C=O) groups excluding carboxylic acids is 2. The number of fused-ring (bicyclic) bond motifs is 4. The lowest BCUT2D eigenvalue weighted by Crippen LogP contribution is -2.61. The fourth-order valence-electron chi connectivity index (χ4n) is 6.07. The molecule has 0 amide bonds. The number of benzene rings is 1. The molecule has 0 spiro atoms. The molecule has 0 radical (unpaired) electrons. The molecule has 1 saturated heterocycles. The van der Waals surface area contributed by atoms with Crippen LogP contribution in [0.2, 0.25) is 0 Å². The smallest absolute Gasteiger partial charge is 0.336 e. The van der Waals surface area contributed by atoms with E-state index in [2.05, 4.69) is 21.6 Å². The van der Waals surface area contributed by atoms with Crippen molar-refractivity contribution in [1.82, 2.24) is 9.47 Å². The number of piperidine rings is 1. The summed E-state index contributed by atoms with van der Waals surface area (Å²) < 4.78 is 18.6. The van der Waals surface area contributed by atoms with E-state index < -0.39 is 11.5 Å². The second-order valence-electron chi connectivity index (χ2n) is 8.67. The van der Waals surface area contributed by atoms with Crippen molar-refractivity contribution < 1.29 is 23.8 Å². The van der Waals surface area contributed by atoms with Crippen molar-refractivity contribution in [3.8, 4) is 5.75 Å². The van der Waals surface area contributed by atoms with Crippen molar-refractivity contribution in [2.75, 3.05) is 33.9 Å². The van der Waals surface area contributed by atoms with Crippen molar-refractivity contribution in [1.29, 1.82) is 0 Å². The number of esters is 2. The summed E-state index contributed by atoms with van der Waals surface area (Å²) in [7, 11) is 3.07. The number of carbonyl (C=O) groups is 2. The van der Waals surface area contributed by atoms with Gasteiger partial charge in [-0.1, -0.05) is 11.6 Å². The van der Waals surface area contributed by atoms with Crippen LogP contribution in [0.1, 0.15) is 37.6 Å². The maximum Gasteiger partial charge on any atom is 0.336 e. The molecule has 3 atom stereocenters. The van der Waals surface area contributed by atoms with Crippen LogP contribution in [0.4, 0.5) is 0 Å². The fraction of sp³-hybridized carbons (Fsp3) is 0.500. The number of methoxy groups -OCH3 is 2. The van der Waals surface area contributed by atoms with Crippen molar-refractivity contribution in [2.45, 2.75) is 38.3 Å². The van der Waals surface area contributed by atoms with Crippen molar-refractivity contribution in [2.24, 2.45) is 5.92 Å². The molecule has 3 aliphatic rings. The van der Waals surface area contributed by atoms with Crippen LogP contribution in [0.3, 0.4) is 0 Å². The Labute approximate surface area is 181 Å². The summed E-state index contributed by atoms with van der Waals surface area (Å²) in [6.07, 6.45) is 3.81. The minimum absolute atomic E-state index is 0.0496. The summed E-state index contributed by atoms with van der Waals surface area (Å²) in [5.74, 6) is -0.0976. The SMILES string of the molecule is C/C=C1/CN2CCc3c4n(c5ccc(OC)cc35)C(COC(C)=O)(C(=O)OC)[C@H]1C[C@@H]42. The highest BCUT2D eigenvalue weighted by Crippen LogP contribution is 2.56. The number of aromatic nitrogens is 1. The van der Waals surface area contributed by atoms with Crippen LogP contribution in [0.5, 0.6) is 5.75 Å². The largest absolute Gasteiger partial charge is 0.497 e. The molecule has 164 valence electrons. The fourth-order valence-corrected chi connectivity index (χ4v) is 6.07. The lowest BCUT2D eigenvalue weighted by atomic mass is 9.68. The van der Waals surface area contributed by atoms with Crippen molar-refractivity contribution >= 4 is 22.8 Å². The second-order valence-corrected chi connectivity index (χ2v) is 8.67. The molecule has 1 aromatic heterocycles. The quantitative estimate of drug-likeness (QED) is 0.555. The zero-order chi connectivity index (χ0) is 21.9. The van der Waals surface area contributed by atoms with Crippen molar-refractivity contribution in [3.05, 3.63) is 41.1 Å². The minimum Gasteiger partial charge on any atom is -0.497 e. The third-order valence-corrected chi connectivity index (χ3v) is 7.40. The normalized spacial score (nSPS) is 27.9. The van der Waals surface area contributed by atoms with E-state index in [0.717, 1.165) is 48.3 Å². The Kier molecular flexibility index (Phi) is 4.62. The Balaban J connectivity index is 1.88. The molecule has 2 bridgehead atoms. The molecule has 7 heteroatoms. The lowest BCUT2D eigenvalue weighted by molar-refractivity contribution is -0.165. The molecule has 0 aliphatic carbocycles. The maximum atomic E-state index is 13.6. The van der Waals surface area contributed by atoms with Crippen LogP contribution in [0.15, 0.2) is 29.8 Å². The summed E-state index contributed by atoms with van der Waals surface area (Å²) in [5.41, 5.74) is 3.42. The van der Waals surface area contributed by atoms with E-state index in [1.54, 1.807) is 7.11 Å². The van der Waals surface area contributed by atoms with Gasteiger partial charge < -0.3 is 18.8 Å². The van der Waals surface area contributed by atoms with Gasteiger partial charge in [-0.2, -0.15) is 0 Å². The molecule has 2 aromatic rings. The molecule has 7 nitrogen and oxygen atoms in total. The monoisotopic (exact) mass is 424 g/mol. The minimum atomic E-state index is -1.14. The summed E-state index contributed by atoms with van der Waals surface area (Å²) in [6, 6.07) is 6.22. The summed E-state index contributed by atoms with van der Waals surface area (Å²) in [4.78, 5) is 28.0. The predicted octanol–water partition coefficient (Wildman–Crippen LogP) is 2.96. The molecule has 0 saturated carbocycles. The first-order valence-corrected chi connectivity index (χ1v) is 10.8. The third kappa shape index (κ3) is 2.62. The topological polar surface area (TPSA) is 70.0 Å². The third-order valence-electron chi connectivity index (χ3n) is 7.40. The average Bonchev–Trinajstić information content (AvgIpc) is 3.12. The van der Waals surface area contributed by atoms with Gasteiger partial charge in [-0.25, -0.2) is 4.79 Å². The number of ether oxygens (including phenoxy) is 3. The Morgan fingerprint density at radius 1 is 1.29 bits per heavy atom. The highest BCUT2D eigenvalue weighted by Gasteiger charge is 2.60. The molecule has 0 N–H and O–H groups in total. The summed E-state index contributed by atoms with van der Waals surface area (Å²) >= 11 is 0. The summed E-state index contributed by atoms with van der Waals surface area (Å²) in [6.45, 7) is 5.14. The van der Waals surface area contributed by atoms with E-state index in [4.69, 9.17) is 14.2 Å². The Hall–Kier alpha value is -2.80. The maximum absolute atomic E-state index is 13.6. The van der Waals surface area contributed by atoms with Crippen LogP contribution in [-0.4, -0.2) is 55.3 Å². The van der Waals surface area contributed by atoms with E-state index in [9.17, 15) is 9.59 Å². The number of nitrogens with zero attached hydrogens (tertiary/aromatic N) is 2. The van der Waals surface area contributed by atoms with Gasteiger partial charge >= 0.3 is 11.9 Å². The zero-order valence-corrected chi connectivity index (χ0v) is 18.4. The predicted molar refractivity (Wildman–Crippen MR) is 115 cm³/mol. The number of rotatable bonds is 4. The van der Waals surface area contributed by atoms with Gasteiger partial charge in [0.25, 0.3) is 0 Å². The molecule has 1 unspecified atom stereocenters. The van der Waals surface area contributed by atoms with Gasteiger partial charge in [-0.05, 0) is 43.5 Å². The van der Waals surface area contributed by atoms with Crippen LogP contribution in [0, 0.1) is 5.92 Å². The number of allylic oxidation sites excluding steroid dienone is 1. The van der Waals surface area contributed by atoms with E-state index in [0.29, 0.717) is 0 Å². The molecule has 3 aliphatic heterocycles. The van der Waals surface area contributed by atoms with Gasteiger partial charge in [-0.15, -0.1) is 0 Å². The van der Waals surface area contributed by atoms with Crippen LogP contribution in [-0.2, 0) is 31.0 Å². The molecule has 1 fully saturated rings.